The summed E-state index contributed by atoms with van der Waals surface area (Å²) in [5.41, 5.74) is 0.734. The van der Waals surface area contributed by atoms with Gasteiger partial charge in [-0.25, -0.2) is 0 Å². The summed E-state index contributed by atoms with van der Waals surface area (Å²) in [6, 6.07) is 3.43. The van der Waals surface area contributed by atoms with Gasteiger partial charge < -0.3 is 9.47 Å². The van der Waals surface area contributed by atoms with Gasteiger partial charge in [-0.05, 0) is 12.1 Å². The number of nitrogens with zero attached hydrogens (tertiary/aromatic N) is 1. The fourth-order valence-electron chi connectivity index (χ4n) is 1.11. The summed E-state index contributed by atoms with van der Waals surface area (Å²) >= 11 is 5.57. The van der Waals surface area contributed by atoms with Gasteiger partial charge in [0.2, 0.25) is 0 Å². The summed E-state index contributed by atoms with van der Waals surface area (Å²) in [6.07, 6.45) is -2.37. The number of alkyl halides is 4. The molecule has 0 unspecified atom stereocenters. The third-order valence-electron chi connectivity index (χ3n) is 1.90. The average Bonchev–Trinajstić information content (AvgIpc) is 2.33. The van der Waals surface area contributed by atoms with Crippen LogP contribution in [-0.4, -0.2) is 31.0 Å². The molecule has 0 radical (unpaired) electrons. The molecule has 0 bridgehead atoms. The van der Waals surface area contributed by atoms with Crippen LogP contribution in [0.4, 0.5) is 13.2 Å². The predicted octanol–water partition coefficient (Wildman–Crippen LogP) is 3.17. The second-order valence-corrected chi connectivity index (χ2v) is 3.76. The summed E-state index contributed by atoms with van der Waals surface area (Å²) in [5, 5.41) is 0. The first kappa shape index (κ1) is 15.0. The Balaban J connectivity index is 2.10. The Morgan fingerprint density at radius 1 is 1.22 bits per heavy atom. The molecule has 0 aliphatic heterocycles. The molecule has 18 heavy (non-hydrogen) atoms. The van der Waals surface area contributed by atoms with Crippen LogP contribution in [0.3, 0.4) is 0 Å². The maximum Gasteiger partial charge on any atom is 0.411 e. The molecule has 102 valence electrons. The van der Waals surface area contributed by atoms with Gasteiger partial charge in [0.15, 0.2) is 0 Å². The third kappa shape index (κ3) is 6.66. The van der Waals surface area contributed by atoms with Gasteiger partial charge in [0.05, 0.1) is 31.0 Å². The molecule has 1 aromatic rings. The molecule has 0 aromatic carbocycles. The highest BCUT2D eigenvalue weighted by molar-refractivity contribution is 6.16. The van der Waals surface area contributed by atoms with Crippen LogP contribution in [0.5, 0.6) is 5.75 Å². The van der Waals surface area contributed by atoms with E-state index in [9.17, 15) is 13.2 Å². The molecule has 1 heterocycles. The molecule has 0 atom stereocenters. The summed E-state index contributed by atoms with van der Waals surface area (Å²) in [5.74, 6) is 0.880. The molecule has 0 fully saturated rings. The van der Waals surface area contributed by atoms with E-state index in [-0.39, 0.29) is 13.2 Å². The Bertz CT molecular complexity index is 343. The van der Waals surface area contributed by atoms with E-state index in [1.54, 1.807) is 12.1 Å². The molecule has 1 aromatic heterocycles. The van der Waals surface area contributed by atoms with E-state index < -0.39 is 12.8 Å². The number of hydrogen-bond donors (Lipinski definition) is 0. The fourth-order valence-corrected chi connectivity index (χ4v) is 1.27. The van der Waals surface area contributed by atoms with Gasteiger partial charge in [-0.3, -0.25) is 4.98 Å². The molecule has 3 nitrogen and oxygen atoms in total. The molecule has 0 aliphatic carbocycles. The van der Waals surface area contributed by atoms with Gasteiger partial charge in [0, 0.05) is 6.42 Å². The number of hydrogen-bond acceptors (Lipinski definition) is 3. The van der Waals surface area contributed by atoms with Gasteiger partial charge in [0.1, 0.15) is 12.4 Å². The van der Waals surface area contributed by atoms with Crippen molar-refractivity contribution in [2.45, 2.75) is 18.5 Å². The van der Waals surface area contributed by atoms with Crippen molar-refractivity contribution in [3.8, 4) is 5.75 Å². The molecule has 7 heteroatoms. The number of ether oxygens (including phenoxy) is 2. The first-order chi connectivity index (χ1) is 8.51. The SMILES string of the molecule is FC(F)(F)COCCCOc1ccc(CCl)nc1. The lowest BCUT2D eigenvalue weighted by atomic mass is 10.4. The highest BCUT2D eigenvalue weighted by Gasteiger charge is 2.27. The van der Waals surface area contributed by atoms with E-state index in [1.807, 2.05) is 0 Å². The summed E-state index contributed by atoms with van der Waals surface area (Å²) < 4.78 is 44.9. The Hall–Kier alpha value is -1.01. The Morgan fingerprint density at radius 2 is 2.00 bits per heavy atom. The molecule has 0 amide bonds. The van der Waals surface area contributed by atoms with Crippen LogP contribution in [0.25, 0.3) is 0 Å². The zero-order chi connectivity index (χ0) is 13.4. The molecular weight excluding hydrogens is 271 g/mol. The highest BCUT2D eigenvalue weighted by Crippen LogP contribution is 2.14. The van der Waals surface area contributed by atoms with E-state index in [0.717, 1.165) is 5.69 Å². The van der Waals surface area contributed by atoms with Gasteiger partial charge in [-0.2, -0.15) is 13.2 Å². The topological polar surface area (TPSA) is 31.4 Å². The van der Waals surface area contributed by atoms with Crippen LogP contribution in [0.15, 0.2) is 18.3 Å². The van der Waals surface area contributed by atoms with Gasteiger partial charge >= 0.3 is 6.18 Å². The molecular formula is C11H13ClF3NO2. The molecule has 0 saturated carbocycles. The zero-order valence-corrected chi connectivity index (χ0v) is 10.3. The Morgan fingerprint density at radius 3 is 2.56 bits per heavy atom. The number of aromatic nitrogens is 1. The van der Waals surface area contributed by atoms with Crippen molar-refractivity contribution in [3.05, 3.63) is 24.0 Å². The normalized spacial score (nSPS) is 11.6. The Labute approximate surface area is 108 Å². The highest BCUT2D eigenvalue weighted by atomic mass is 35.5. The quantitative estimate of drug-likeness (QED) is 0.569. The zero-order valence-electron chi connectivity index (χ0n) is 9.54. The van der Waals surface area contributed by atoms with Crippen LogP contribution >= 0.6 is 11.6 Å². The number of rotatable bonds is 7. The fraction of sp³-hybridized carbons (Fsp3) is 0.545. The van der Waals surface area contributed by atoms with E-state index >= 15 is 0 Å². The molecule has 0 aliphatic rings. The molecule has 1 rings (SSSR count). The lowest BCUT2D eigenvalue weighted by molar-refractivity contribution is -0.174. The second-order valence-electron chi connectivity index (χ2n) is 3.49. The molecule has 0 saturated heterocycles. The van der Waals surface area contributed by atoms with Crippen LogP contribution < -0.4 is 4.74 Å². The van der Waals surface area contributed by atoms with E-state index in [4.69, 9.17) is 16.3 Å². The minimum Gasteiger partial charge on any atom is -0.492 e. The van der Waals surface area contributed by atoms with Crippen LogP contribution in [0, 0.1) is 0 Å². The van der Waals surface area contributed by atoms with E-state index in [0.29, 0.717) is 18.1 Å². The average molecular weight is 284 g/mol. The summed E-state index contributed by atoms with van der Waals surface area (Å²) in [6.45, 7) is -0.939. The Kier molecular flexibility index (Phi) is 6.21. The minimum atomic E-state index is -4.28. The predicted molar refractivity (Wildman–Crippen MR) is 60.8 cm³/mol. The third-order valence-corrected chi connectivity index (χ3v) is 2.18. The van der Waals surface area contributed by atoms with Crippen molar-refractivity contribution in [3.63, 3.8) is 0 Å². The summed E-state index contributed by atoms with van der Waals surface area (Å²) in [4.78, 5) is 4.01. The summed E-state index contributed by atoms with van der Waals surface area (Å²) in [7, 11) is 0. The van der Waals surface area contributed by atoms with Crippen LogP contribution in [-0.2, 0) is 10.6 Å². The first-order valence-electron chi connectivity index (χ1n) is 5.29. The van der Waals surface area contributed by atoms with E-state index in [1.165, 1.54) is 6.20 Å². The van der Waals surface area contributed by atoms with E-state index in [2.05, 4.69) is 9.72 Å². The van der Waals surface area contributed by atoms with Crippen molar-refractivity contribution in [2.24, 2.45) is 0 Å². The first-order valence-corrected chi connectivity index (χ1v) is 5.83. The minimum absolute atomic E-state index is 0.00665. The molecule has 0 N–H and O–H groups in total. The van der Waals surface area contributed by atoms with Crippen LogP contribution in [0.2, 0.25) is 0 Å². The van der Waals surface area contributed by atoms with Crippen molar-refractivity contribution in [1.29, 1.82) is 0 Å². The standard InChI is InChI=1S/C11H13ClF3NO2/c12-6-9-2-3-10(7-16-9)18-5-1-4-17-8-11(13,14)15/h2-3,7H,1,4-6,8H2. The number of pyridine rings is 1. The largest absolute Gasteiger partial charge is 0.492 e. The van der Waals surface area contributed by atoms with Crippen molar-refractivity contribution in [1.82, 2.24) is 4.98 Å². The van der Waals surface area contributed by atoms with Crippen molar-refractivity contribution < 1.29 is 22.6 Å². The smallest absolute Gasteiger partial charge is 0.411 e. The van der Waals surface area contributed by atoms with Gasteiger partial charge in [0.25, 0.3) is 0 Å². The molecule has 0 spiro atoms. The van der Waals surface area contributed by atoms with Crippen molar-refractivity contribution >= 4 is 11.6 Å². The lowest BCUT2D eigenvalue weighted by Gasteiger charge is -2.08. The maximum absolute atomic E-state index is 11.7. The van der Waals surface area contributed by atoms with Gasteiger partial charge in [-0.1, -0.05) is 0 Å². The lowest BCUT2D eigenvalue weighted by Crippen LogP contribution is -2.18. The second kappa shape index (κ2) is 7.43. The van der Waals surface area contributed by atoms with Gasteiger partial charge in [-0.15, -0.1) is 11.6 Å². The van der Waals surface area contributed by atoms with Crippen molar-refractivity contribution in [2.75, 3.05) is 19.8 Å². The van der Waals surface area contributed by atoms with Crippen LogP contribution in [0.1, 0.15) is 12.1 Å². The number of halogens is 4. The monoisotopic (exact) mass is 283 g/mol. The maximum atomic E-state index is 11.7.